The van der Waals surface area contributed by atoms with Crippen molar-refractivity contribution in [1.82, 2.24) is 0 Å². The van der Waals surface area contributed by atoms with Crippen molar-refractivity contribution in [1.29, 1.82) is 5.41 Å². The monoisotopic (exact) mass is 234 g/mol. The van der Waals surface area contributed by atoms with Gasteiger partial charge in [-0.05, 0) is 30.5 Å². The van der Waals surface area contributed by atoms with Crippen LogP contribution in [0.15, 0.2) is 18.2 Å². The summed E-state index contributed by atoms with van der Waals surface area (Å²) in [5.41, 5.74) is 8.52. The normalized spacial score (nSPS) is 10.5. The van der Waals surface area contributed by atoms with Crippen LogP contribution in [0.4, 0.5) is 0 Å². The van der Waals surface area contributed by atoms with E-state index in [0.717, 1.165) is 24.2 Å². The molecule has 0 amide bonds. The lowest BCUT2D eigenvalue weighted by Crippen LogP contribution is -2.11. The van der Waals surface area contributed by atoms with Crippen molar-refractivity contribution in [3.63, 3.8) is 0 Å². The number of nitrogen functional groups attached to an aromatic ring is 1. The standard InChI is InChI=1S/C14H22N2O/c1-3-4-5-8-17-10-13-7-6-12(14(15)16)9-11(13)2/h6-7,9H,3-5,8,10H2,1-2H3,(H3,15,16). The molecule has 3 N–H and O–H groups in total. The summed E-state index contributed by atoms with van der Waals surface area (Å²) in [5, 5.41) is 7.36. The number of amidine groups is 1. The topological polar surface area (TPSA) is 59.1 Å². The molecule has 0 aromatic heterocycles. The van der Waals surface area contributed by atoms with Gasteiger partial charge in [0.25, 0.3) is 0 Å². The van der Waals surface area contributed by atoms with Crippen molar-refractivity contribution in [3.05, 3.63) is 34.9 Å². The lowest BCUT2D eigenvalue weighted by molar-refractivity contribution is 0.116. The molecule has 0 fully saturated rings. The molecule has 0 atom stereocenters. The Morgan fingerprint density at radius 2 is 2.12 bits per heavy atom. The van der Waals surface area contributed by atoms with Crippen LogP contribution in [-0.2, 0) is 11.3 Å². The summed E-state index contributed by atoms with van der Waals surface area (Å²) in [6.07, 6.45) is 3.57. The fourth-order valence-corrected chi connectivity index (χ4v) is 1.66. The molecule has 0 saturated heterocycles. The van der Waals surface area contributed by atoms with Gasteiger partial charge in [0.2, 0.25) is 0 Å². The minimum absolute atomic E-state index is 0.114. The van der Waals surface area contributed by atoms with Gasteiger partial charge in [0, 0.05) is 12.2 Å². The van der Waals surface area contributed by atoms with Gasteiger partial charge in [-0.3, -0.25) is 5.41 Å². The third kappa shape index (κ3) is 4.57. The number of benzene rings is 1. The fraction of sp³-hybridized carbons (Fsp3) is 0.500. The van der Waals surface area contributed by atoms with Crippen molar-refractivity contribution >= 4 is 5.84 Å². The number of ether oxygens (including phenoxy) is 1. The Labute approximate surface area is 103 Å². The summed E-state index contributed by atoms with van der Waals surface area (Å²) >= 11 is 0. The lowest BCUT2D eigenvalue weighted by atomic mass is 10.1. The average molecular weight is 234 g/mol. The molecular weight excluding hydrogens is 212 g/mol. The molecular formula is C14H22N2O. The summed E-state index contributed by atoms with van der Waals surface area (Å²) in [5.74, 6) is 0.114. The molecule has 1 aromatic rings. The van der Waals surface area contributed by atoms with E-state index in [1.165, 1.54) is 18.4 Å². The highest BCUT2D eigenvalue weighted by molar-refractivity contribution is 5.95. The molecule has 1 rings (SSSR count). The Morgan fingerprint density at radius 3 is 2.71 bits per heavy atom. The van der Waals surface area contributed by atoms with Gasteiger partial charge in [0.15, 0.2) is 0 Å². The first-order valence-electron chi connectivity index (χ1n) is 6.16. The van der Waals surface area contributed by atoms with E-state index in [1.807, 2.05) is 25.1 Å². The van der Waals surface area contributed by atoms with Crippen LogP contribution in [0, 0.1) is 12.3 Å². The second-order valence-electron chi connectivity index (χ2n) is 4.31. The van der Waals surface area contributed by atoms with Gasteiger partial charge >= 0.3 is 0 Å². The Bertz CT molecular complexity index is 374. The molecule has 1 aromatic carbocycles. The zero-order valence-electron chi connectivity index (χ0n) is 10.8. The summed E-state index contributed by atoms with van der Waals surface area (Å²) in [4.78, 5) is 0. The van der Waals surface area contributed by atoms with Crippen LogP contribution in [0.1, 0.15) is 42.9 Å². The van der Waals surface area contributed by atoms with E-state index in [2.05, 4.69) is 6.92 Å². The number of aryl methyl sites for hydroxylation is 1. The second kappa shape index (κ2) is 7.07. The van der Waals surface area contributed by atoms with Crippen LogP contribution in [-0.4, -0.2) is 12.4 Å². The molecule has 0 aliphatic rings. The molecule has 0 saturated carbocycles. The average Bonchev–Trinajstić information content (AvgIpc) is 2.30. The van der Waals surface area contributed by atoms with Crippen LogP contribution >= 0.6 is 0 Å². The van der Waals surface area contributed by atoms with Crippen LogP contribution in [0.5, 0.6) is 0 Å². The molecule has 0 bridgehead atoms. The van der Waals surface area contributed by atoms with Crippen LogP contribution < -0.4 is 5.73 Å². The van der Waals surface area contributed by atoms with E-state index in [0.29, 0.717) is 6.61 Å². The third-order valence-electron chi connectivity index (χ3n) is 2.80. The van der Waals surface area contributed by atoms with Crippen LogP contribution in [0.2, 0.25) is 0 Å². The fourth-order valence-electron chi connectivity index (χ4n) is 1.66. The molecule has 0 aliphatic carbocycles. The Kier molecular flexibility index (Phi) is 5.70. The molecule has 94 valence electrons. The number of nitrogens with two attached hydrogens (primary N) is 1. The summed E-state index contributed by atoms with van der Waals surface area (Å²) in [6, 6.07) is 5.80. The van der Waals surface area contributed by atoms with Gasteiger partial charge in [-0.15, -0.1) is 0 Å². The minimum Gasteiger partial charge on any atom is -0.384 e. The predicted molar refractivity (Wildman–Crippen MR) is 71.4 cm³/mol. The number of rotatable bonds is 7. The molecule has 0 spiro atoms. The smallest absolute Gasteiger partial charge is 0.122 e. The van der Waals surface area contributed by atoms with Gasteiger partial charge in [-0.1, -0.05) is 31.9 Å². The van der Waals surface area contributed by atoms with Gasteiger partial charge in [0.05, 0.1) is 6.61 Å². The van der Waals surface area contributed by atoms with Gasteiger partial charge in [0.1, 0.15) is 5.84 Å². The number of hydrogen-bond donors (Lipinski definition) is 2. The van der Waals surface area contributed by atoms with Crippen molar-refractivity contribution in [2.45, 2.75) is 39.7 Å². The van der Waals surface area contributed by atoms with E-state index in [1.54, 1.807) is 0 Å². The Morgan fingerprint density at radius 1 is 1.35 bits per heavy atom. The highest BCUT2D eigenvalue weighted by atomic mass is 16.5. The van der Waals surface area contributed by atoms with Crippen molar-refractivity contribution in [2.75, 3.05) is 6.61 Å². The van der Waals surface area contributed by atoms with Crippen molar-refractivity contribution < 1.29 is 4.74 Å². The maximum Gasteiger partial charge on any atom is 0.122 e. The number of unbranched alkanes of at least 4 members (excludes halogenated alkanes) is 2. The third-order valence-corrected chi connectivity index (χ3v) is 2.80. The maximum atomic E-state index is 7.36. The van der Waals surface area contributed by atoms with Gasteiger partial charge in [-0.2, -0.15) is 0 Å². The van der Waals surface area contributed by atoms with E-state index in [4.69, 9.17) is 15.9 Å². The highest BCUT2D eigenvalue weighted by Gasteiger charge is 2.02. The number of nitrogens with one attached hydrogen (secondary N) is 1. The molecule has 0 unspecified atom stereocenters. The van der Waals surface area contributed by atoms with E-state index in [-0.39, 0.29) is 5.84 Å². The van der Waals surface area contributed by atoms with Crippen LogP contribution in [0.25, 0.3) is 0 Å². The first kappa shape index (κ1) is 13.7. The minimum atomic E-state index is 0.114. The second-order valence-corrected chi connectivity index (χ2v) is 4.31. The SMILES string of the molecule is CCCCCOCc1ccc(C(=N)N)cc1C. The number of hydrogen-bond acceptors (Lipinski definition) is 2. The predicted octanol–water partition coefficient (Wildman–Crippen LogP) is 2.99. The van der Waals surface area contributed by atoms with E-state index in [9.17, 15) is 0 Å². The van der Waals surface area contributed by atoms with Crippen LogP contribution in [0.3, 0.4) is 0 Å². The Hall–Kier alpha value is -1.35. The zero-order valence-corrected chi connectivity index (χ0v) is 10.8. The van der Waals surface area contributed by atoms with E-state index >= 15 is 0 Å². The van der Waals surface area contributed by atoms with Gasteiger partial charge in [-0.25, -0.2) is 0 Å². The molecule has 3 heteroatoms. The summed E-state index contributed by atoms with van der Waals surface area (Å²) < 4.78 is 5.62. The molecule has 3 nitrogen and oxygen atoms in total. The van der Waals surface area contributed by atoms with Crippen molar-refractivity contribution in [2.24, 2.45) is 5.73 Å². The Balaban J connectivity index is 2.46. The first-order valence-corrected chi connectivity index (χ1v) is 6.16. The summed E-state index contributed by atoms with van der Waals surface area (Å²) in [7, 11) is 0. The van der Waals surface area contributed by atoms with Gasteiger partial charge < -0.3 is 10.5 Å². The quantitative estimate of drug-likeness (QED) is 0.433. The highest BCUT2D eigenvalue weighted by Crippen LogP contribution is 2.12. The lowest BCUT2D eigenvalue weighted by Gasteiger charge is -2.08. The zero-order chi connectivity index (χ0) is 12.7. The molecule has 0 aliphatic heterocycles. The maximum absolute atomic E-state index is 7.36. The summed E-state index contributed by atoms with van der Waals surface area (Å²) in [6.45, 7) is 5.68. The largest absolute Gasteiger partial charge is 0.384 e. The molecule has 0 heterocycles. The molecule has 0 radical (unpaired) electrons. The van der Waals surface area contributed by atoms with E-state index < -0.39 is 0 Å². The molecule has 17 heavy (non-hydrogen) atoms. The first-order chi connectivity index (χ1) is 8.15. The van der Waals surface area contributed by atoms with Crippen molar-refractivity contribution in [3.8, 4) is 0 Å².